The molecule has 2 rings (SSSR count). The SMILES string of the molecule is COc1cccc(OCC(=O)c2cc(F)ccc2F)c1. The van der Waals surface area contributed by atoms with Crippen LogP contribution in [0.25, 0.3) is 0 Å². The van der Waals surface area contributed by atoms with Gasteiger partial charge in [-0.2, -0.15) is 0 Å². The van der Waals surface area contributed by atoms with E-state index in [9.17, 15) is 13.6 Å². The fourth-order valence-corrected chi connectivity index (χ4v) is 1.63. The average Bonchev–Trinajstić information content (AvgIpc) is 2.47. The van der Waals surface area contributed by atoms with Gasteiger partial charge in [0.05, 0.1) is 12.7 Å². The van der Waals surface area contributed by atoms with Gasteiger partial charge in [0, 0.05) is 6.07 Å². The van der Waals surface area contributed by atoms with Gasteiger partial charge in [0.15, 0.2) is 6.61 Å². The van der Waals surface area contributed by atoms with Gasteiger partial charge < -0.3 is 9.47 Å². The van der Waals surface area contributed by atoms with E-state index in [0.717, 1.165) is 18.2 Å². The highest BCUT2D eigenvalue weighted by Crippen LogP contribution is 2.19. The van der Waals surface area contributed by atoms with E-state index in [1.807, 2.05) is 0 Å². The fraction of sp³-hybridized carbons (Fsp3) is 0.133. The van der Waals surface area contributed by atoms with Crippen LogP contribution in [0.1, 0.15) is 10.4 Å². The van der Waals surface area contributed by atoms with Crippen molar-refractivity contribution < 1.29 is 23.0 Å². The average molecular weight is 278 g/mol. The Bertz CT molecular complexity index is 626. The zero-order valence-electron chi connectivity index (χ0n) is 10.7. The Hall–Kier alpha value is -2.43. The molecule has 0 saturated carbocycles. The van der Waals surface area contributed by atoms with Gasteiger partial charge in [-0.25, -0.2) is 8.78 Å². The normalized spacial score (nSPS) is 10.2. The molecule has 0 bridgehead atoms. The largest absolute Gasteiger partial charge is 0.497 e. The topological polar surface area (TPSA) is 35.5 Å². The second-order valence-electron chi connectivity index (χ2n) is 4.02. The van der Waals surface area contributed by atoms with Crippen LogP contribution in [0, 0.1) is 11.6 Å². The summed E-state index contributed by atoms with van der Waals surface area (Å²) in [6, 6.07) is 9.37. The van der Waals surface area contributed by atoms with E-state index >= 15 is 0 Å². The van der Waals surface area contributed by atoms with E-state index in [1.54, 1.807) is 24.3 Å². The molecular weight excluding hydrogens is 266 g/mol. The van der Waals surface area contributed by atoms with Gasteiger partial charge in [-0.05, 0) is 30.3 Å². The summed E-state index contributed by atoms with van der Waals surface area (Å²) in [6.07, 6.45) is 0. The van der Waals surface area contributed by atoms with Gasteiger partial charge in [0.1, 0.15) is 23.1 Å². The maximum Gasteiger partial charge on any atom is 0.203 e. The molecule has 2 aromatic rings. The van der Waals surface area contributed by atoms with E-state index < -0.39 is 17.4 Å². The van der Waals surface area contributed by atoms with E-state index in [-0.39, 0.29) is 12.2 Å². The molecule has 0 aliphatic carbocycles. The lowest BCUT2D eigenvalue weighted by molar-refractivity contribution is 0.0916. The van der Waals surface area contributed by atoms with Gasteiger partial charge in [-0.15, -0.1) is 0 Å². The predicted octanol–water partition coefficient (Wildman–Crippen LogP) is 3.24. The Morgan fingerprint density at radius 3 is 2.60 bits per heavy atom. The number of methoxy groups -OCH3 is 1. The van der Waals surface area contributed by atoms with Crippen LogP contribution >= 0.6 is 0 Å². The lowest BCUT2D eigenvalue weighted by atomic mass is 10.1. The molecule has 0 heterocycles. The smallest absolute Gasteiger partial charge is 0.203 e. The van der Waals surface area contributed by atoms with E-state index in [2.05, 4.69) is 0 Å². The van der Waals surface area contributed by atoms with Crippen molar-refractivity contribution in [1.82, 2.24) is 0 Å². The van der Waals surface area contributed by atoms with Crippen molar-refractivity contribution >= 4 is 5.78 Å². The highest BCUT2D eigenvalue weighted by molar-refractivity contribution is 5.97. The van der Waals surface area contributed by atoms with Crippen LogP contribution in [0.15, 0.2) is 42.5 Å². The van der Waals surface area contributed by atoms with Crippen molar-refractivity contribution in [3.05, 3.63) is 59.7 Å². The Labute approximate surface area is 114 Å². The molecule has 0 spiro atoms. The zero-order valence-corrected chi connectivity index (χ0v) is 10.7. The van der Waals surface area contributed by atoms with Crippen molar-refractivity contribution in [3.63, 3.8) is 0 Å². The summed E-state index contributed by atoms with van der Waals surface area (Å²) >= 11 is 0. The van der Waals surface area contributed by atoms with E-state index in [4.69, 9.17) is 9.47 Å². The van der Waals surface area contributed by atoms with Gasteiger partial charge in [0.2, 0.25) is 5.78 Å². The number of carbonyl (C=O) groups excluding carboxylic acids is 1. The number of ketones is 1. The van der Waals surface area contributed by atoms with Crippen LogP contribution in [-0.4, -0.2) is 19.5 Å². The molecule has 0 aromatic heterocycles. The number of ether oxygens (including phenoxy) is 2. The number of hydrogen-bond acceptors (Lipinski definition) is 3. The molecule has 3 nitrogen and oxygen atoms in total. The number of rotatable bonds is 5. The molecule has 0 N–H and O–H groups in total. The monoisotopic (exact) mass is 278 g/mol. The molecule has 0 saturated heterocycles. The van der Waals surface area contributed by atoms with Gasteiger partial charge in [-0.1, -0.05) is 6.07 Å². The number of Topliss-reactive ketones (excluding diaryl/α,β-unsaturated/α-hetero) is 1. The first-order chi connectivity index (χ1) is 9.60. The summed E-state index contributed by atoms with van der Waals surface area (Å²) in [5, 5.41) is 0. The Morgan fingerprint density at radius 2 is 1.85 bits per heavy atom. The number of hydrogen-bond donors (Lipinski definition) is 0. The van der Waals surface area contributed by atoms with Crippen LogP contribution in [0.4, 0.5) is 8.78 Å². The molecule has 5 heteroatoms. The molecular formula is C15H12F2O3. The number of carbonyl (C=O) groups is 1. The first kappa shape index (κ1) is 14.0. The summed E-state index contributed by atoms with van der Waals surface area (Å²) < 4.78 is 36.6. The van der Waals surface area contributed by atoms with E-state index in [0.29, 0.717) is 11.5 Å². The molecule has 2 aromatic carbocycles. The molecule has 0 aliphatic heterocycles. The molecule has 0 atom stereocenters. The molecule has 0 aliphatic rings. The Morgan fingerprint density at radius 1 is 1.10 bits per heavy atom. The predicted molar refractivity (Wildman–Crippen MR) is 69.2 cm³/mol. The van der Waals surface area contributed by atoms with Crippen molar-refractivity contribution in [3.8, 4) is 11.5 Å². The summed E-state index contributed by atoms with van der Waals surface area (Å²) in [4.78, 5) is 11.8. The quantitative estimate of drug-likeness (QED) is 0.788. The molecule has 104 valence electrons. The van der Waals surface area contributed by atoms with Crippen molar-refractivity contribution in [1.29, 1.82) is 0 Å². The summed E-state index contributed by atoms with van der Waals surface area (Å²) in [6.45, 7) is -0.381. The minimum Gasteiger partial charge on any atom is -0.497 e. The first-order valence-corrected chi connectivity index (χ1v) is 5.85. The van der Waals surface area contributed by atoms with Crippen LogP contribution < -0.4 is 9.47 Å². The Kier molecular flexibility index (Phi) is 4.30. The van der Waals surface area contributed by atoms with Crippen LogP contribution in [0.2, 0.25) is 0 Å². The van der Waals surface area contributed by atoms with Crippen LogP contribution in [-0.2, 0) is 0 Å². The fourth-order valence-electron chi connectivity index (χ4n) is 1.63. The highest BCUT2D eigenvalue weighted by Gasteiger charge is 2.13. The van der Waals surface area contributed by atoms with Gasteiger partial charge in [0.25, 0.3) is 0 Å². The Balaban J connectivity index is 2.06. The summed E-state index contributed by atoms with van der Waals surface area (Å²) in [7, 11) is 1.51. The summed E-state index contributed by atoms with van der Waals surface area (Å²) in [5.41, 5.74) is -0.326. The molecule has 0 amide bonds. The molecule has 0 unspecified atom stereocenters. The van der Waals surface area contributed by atoms with Gasteiger partial charge in [-0.3, -0.25) is 4.79 Å². The highest BCUT2D eigenvalue weighted by atomic mass is 19.1. The number of halogens is 2. The maximum atomic E-state index is 13.4. The third-order valence-electron chi connectivity index (χ3n) is 2.64. The van der Waals surface area contributed by atoms with Crippen LogP contribution in [0.3, 0.4) is 0 Å². The van der Waals surface area contributed by atoms with E-state index in [1.165, 1.54) is 7.11 Å². The van der Waals surface area contributed by atoms with Gasteiger partial charge >= 0.3 is 0 Å². The summed E-state index contributed by atoms with van der Waals surface area (Å²) in [5.74, 6) is -1.09. The third-order valence-corrected chi connectivity index (χ3v) is 2.64. The standard InChI is InChI=1S/C15H12F2O3/c1-19-11-3-2-4-12(8-11)20-9-15(18)13-7-10(16)5-6-14(13)17/h2-8H,9H2,1H3. The maximum absolute atomic E-state index is 13.4. The minimum absolute atomic E-state index is 0.326. The second kappa shape index (κ2) is 6.14. The lowest BCUT2D eigenvalue weighted by Crippen LogP contribution is -2.13. The van der Waals surface area contributed by atoms with Crippen LogP contribution in [0.5, 0.6) is 11.5 Å². The molecule has 0 fully saturated rings. The van der Waals surface area contributed by atoms with Crippen molar-refractivity contribution in [2.45, 2.75) is 0 Å². The molecule has 0 radical (unpaired) electrons. The molecule has 20 heavy (non-hydrogen) atoms. The first-order valence-electron chi connectivity index (χ1n) is 5.85. The zero-order chi connectivity index (χ0) is 14.5. The van der Waals surface area contributed by atoms with Crippen molar-refractivity contribution in [2.24, 2.45) is 0 Å². The third kappa shape index (κ3) is 3.32. The second-order valence-corrected chi connectivity index (χ2v) is 4.02. The van der Waals surface area contributed by atoms with Crippen molar-refractivity contribution in [2.75, 3.05) is 13.7 Å². The lowest BCUT2D eigenvalue weighted by Gasteiger charge is -2.07. The number of benzene rings is 2. The minimum atomic E-state index is -0.773.